The van der Waals surface area contributed by atoms with Gasteiger partial charge in [0.1, 0.15) is 12.2 Å². The maximum Gasteiger partial charge on any atom is 0.412 e. The molecule has 0 unspecified atom stereocenters. The number of carbonyl (C=O) groups excluding carboxylic acids is 1. The number of aryl methyl sites for hydroxylation is 1. The number of amides is 1. The zero-order valence-electron chi connectivity index (χ0n) is 17.7. The van der Waals surface area contributed by atoms with Crippen molar-refractivity contribution in [2.24, 2.45) is 0 Å². The Hall–Kier alpha value is -4.46. The van der Waals surface area contributed by atoms with Crippen molar-refractivity contribution < 1.29 is 19.4 Å². The maximum atomic E-state index is 12.7. The van der Waals surface area contributed by atoms with Crippen LogP contribution in [0.1, 0.15) is 33.0 Å². The van der Waals surface area contributed by atoms with Crippen molar-refractivity contribution in [2.75, 3.05) is 11.9 Å². The van der Waals surface area contributed by atoms with Crippen LogP contribution in [0.4, 0.5) is 10.6 Å². The number of pyridine rings is 1. The van der Waals surface area contributed by atoms with Crippen molar-refractivity contribution >= 4 is 17.9 Å². The Morgan fingerprint density at radius 1 is 1.06 bits per heavy atom. The molecule has 1 aliphatic carbocycles. The Morgan fingerprint density at radius 2 is 1.73 bits per heavy atom. The van der Waals surface area contributed by atoms with E-state index in [1.54, 1.807) is 12.3 Å². The number of anilines is 1. The van der Waals surface area contributed by atoms with Crippen LogP contribution in [0.15, 0.2) is 73.1 Å². The van der Waals surface area contributed by atoms with E-state index in [0.717, 1.165) is 27.8 Å². The summed E-state index contributed by atoms with van der Waals surface area (Å²) in [5.74, 6) is -0.956. The van der Waals surface area contributed by atoms with E-state index in [2.05, 4.69) is 27.5 Å². The van der Waals surface area contributed by atoms with Gasteiger partial charge >= 0.3 is 12.1 Å². The van der Waals surface area contributed by atoms with E-state index in [0.29, 0.717) is 5.82 Å². The lowest BCUT2D eigenvalue weighted by atomic mass is 9.98. The number of nitrogens with one attached hydrogen (secondary N) is 1. The zero-order valence-corrected chi connectivity index (χ0v) is 17.7. The molecular formula is C25H20N4O4. The number of ether oxygens (including phenoxy) is 1. The van der Waals surface area contributed by atoms with E-state index < -0.39 is 12.1 Å². The van der Waals surface area contributed by atoms with Gasteiger partial charge in [0, 0.05) is 12.1 Å². The van der Waals surface area contributed by atoms with Crippen LogP contribution in [-0.4, -0.2) is 38.5 Å². The number of aromatic carboxylic acids is 1. The molecular weight excluding hydrogens is 420 g/mol. The van der Waals surface area contributed by atoms with Crippen molar-refractivity contribution in [3.8, 4) is 16.9 Å². The molecule has 0 spiro atoms. The summed E-state index contributed by atoms with van der Waals surface area (Å²) in [6.45, 7) is 1.99. The highest BCUT2D eigenvalue weighted by Crippen LogP contribution is 2.44. The molecule has 33 heavy (non-hydrogen) atoms. The number of fused-ring (bicyclic) bond motifs is 3. The van der Waals surface area contributed by atoms with Crippen molar-refractivity contribution in [1.29, 1.82) is 0 Å². The van der Waals surface area contributed by atoms with Crippen LogP contribution in [0.5, 0.6) is 0 Å². The summed E-state index contributed by atoms with van der Waals surface area (Å²) in [4.78, 5) is 28.6. The number of nitrogens with zero attached hydrogens (tertiary/aromatic N) is 3. The summed E-state index contributed by atoms with van der Waals surface area (Å²) in [6, 6.07) is 19.6. The highest BCUT2D eigenvalue weighted by Gasteiger charge is 2.29. The number of hydrogen-bond acceptors (Lipinski definition) is 5. The summed E-state index contributed by atoms with van der Waals surface area (Å²) < 4.78 is 6.83. The molecule has 0 radical (unpaired) electrons. The molecule has 164 valence electrons. The van der Waals surface area contributed by atoms with Gasteiger partial charge in [0.05, 0.1) is 6.20 Å². The second kappa shape index (κ2) is 8.23. The van der Waals surface area contributed by atoms with Crippen LogP contribution >= 0.6 is 0 Å². The quantitative estimate of drug-likeness (QED) is 0.468. The van der Waals surface area contributed by atoms with Crippen molar-refractivity contribution in [3.05, 3.63) is 95.3 Å². The number of carboxylic acids is 1. The molecule has 1 aliphatic rings. The lowest BCUT2D eigenvalue weighted by Crippen LogP contribution is -2.21. The van der Waals surface area contributed by atoms with Gasteiger partial charge in [-0.3, -0.25) is 5.32 Å². The van der Waals surface area contributed by atoms with Crippen molar-refractivity contribution in [1.82, 2.24) is 14.8 Å². The Bertz CT molecular complexity index is 1330. The predicted octanol–water partition coefficient (Wildman–Crippen LogP) is 4.63. The molecule has 0 aliphatic heterocycles. The van der Waals surface area contributed by atoms with Gasteiger partial charge < -0.3 is 9.84 Å². The summed E-state index contributed by atoms with van der Waals surface area (Å²) >= 11 is 0. The van der Waals surface area contributed by atoms with Gasteiger partial charge in [0.15, 0.2) is 11.6 Å². The summed E-state index contributed by atoms with van der Waals surface area (Å²) in [7, 11) is 0. The molecule has 2 aromatic carbocycles. The first-order chi connectivity index (χ1) is 16.0. The van der Waals surface area contributed by atoms with Crippen LogP contribution in [0, 0.1) is 6.92 Å². The van der Waals surface area contributed by atoms with E-state index in [1.165, 1.54) is 10.9 Å². The van der Waals surface area contributed by atoms with E-state index in [1.807, 2.05) is 49.4 Å². The molecule has 0 saturated heterocycles. The molecule has 0 bridgehead atoms. The Balaban J connectivity index is 1.39. The number of rotatable bonds is 5. The number of carbonyl (C=O) groups is 2. The lowest BCUT2D eigenvalue weighted by molar-refractivity contribution is 0.0698. The summed E-state index contributed by atoms with van der Waals surface area (Å²) in [5.41, 5.74) is 5.18. The minimum atomic E-state index is -1.22. The first kappa shape index (κ1) is 20.4. The predicted molar refractivity (Wildman–Crippen MR) is 122 cm³/mol. The molecule has 4 aromatic rings. The number of carboxylic acid groups (broad SMARTS) is 1. The fourth-order valence-corrected chi connectivity index (χ4v) is 4.17. The van der Waals surface area contributed by atoms with Gasteiger partial charge in [-0.2, -0.15) is 9.78 Å². The molecule has 2 N–H and O–H groups in total. The molecule has 2 aromatic heterocycles. The normalized spacial score (nSPS) is 12.2. The van der Waals surface area contributed by atoms with E-state index >= 15 is 0 Å². The van der Waals surface area contributed by atoms with Crippen LogP contribution in [0.2, 0.25) is 0 Å². The molecule has 8 nitrogen and oxygen atoms in total. The average Bonchev–Trinajstić information content (AvgIpc) is 3.37. The van der Waals surface area contributed by atoms with Crippen molar-refractivity contribution in [2.45, 2.75) is 12.8 Å². The standard InChI is InChI=1S/C25H20N4O4/c1-15-10-11-26-22(12-15)29-23(20(13-27-29)24(30)31)28-25(32)33-14-21-18-8-4-2-6-16(18)17-7-3-5-9-19(17)21/h2-13,21H,14H2,1H3,(H,28,32)(H,30,31). The Labute approximate surface area is 189 Å². The third kappa shape index (κ3) is 3.71. The van der Waals surface area contributed by atoms with E-state index in [9.17, 15) is 14.7 Å². The molecule has 0 atom stereocenters. The second-order valence-electron chi connectivity index (χ2n) is 7.77. The van der Waals surface area contributed by atoms with Crippen LogP contribution in [0.25, 0.3) is 16.9 Å². The van der Waals surface area contributed by atoms with Gasteiger partial charge in [-0.05, 0) is 46.9 Å². The fraction of sp³-hybridized carbons (Fsp3) is 0.120. The summed E-state index contributed by atoms with van der Waals surface area (Å²) in [6.07, 6.45) is 1.99. The number of aromatic nitrogens is 3. The minimum Gasteiger partial charge on any atom is -0.477 e. The largest absolute Gasteiger partial charge is 0.477 e. The Kier molecular flexibility index (Phi) is 5.10. The highest BCUT2D eigenvalue weighted by molar-refractivity contribution is 5.97. The molecule has 1 amide bonds. The van der Waals surface area contributed by atoms with Crippen LogP contribution in [0.3, 0.4) is 0 Å². The second-order valence-corrected chi connectivity index (χ2v) is 7.77. The lowest BCUT2D eigenvalue weighted by Gasteiger charge is -2.15. The van der Waals surface area contributed by atoms with E-state index in [4.69, 9.17) is 4.74 Å². The summed E-state index contributed by atoms with van der Waals surface area (Å²) in [5, 5.41) is 16.2. The monoisotopic (exact) mass is 440 g/mol. The molecule has 8 heteroatoms. The van der Waals surface area contributed by atoms with Crippen molar-refractivity contribution in [3.63, 3.8) is 0 Å². The first-order valence-corrected chi connectivity index (χ1v) is 10.4. The third-order valence-corrected chi connectivity index (χ3v) is 5.68. The Morgan fingerprint density at radius 3 is 2.36 bits per heavy atom. The van der Waals surface area contributed by atoms with Gasteiger partial charge in [-0.25, -0.2) is 14.6 Å². The van der Waals surface area contributed by atoms with Crippen LogP contribution in [-0.2, 0) is 4.74 Å². The molecule has 5 rings (SSSR count). The SMILES string of the molecule is Cc1ccnc(-n2ncc(C(=O)O)c2NC(=O)OCC2c3ccccc3-c3ccccc32)c1. The van der Waals surface area contributed by atoms with E-state index in [-0.39, 0.29) is 23.9 Å². The van der Waals surface area contributed by atoms with Gasteiger partial charge in [0.2, 0.25) is 0 Å². The molecule has 0 fully saturated rings. The van der Waals surface area contributed by atoms with Crippen LogP contribution < -0.4 is 5.32 Å². The highest BCUT2D eigenvalue weighted by atomic mass is 16.5. The maximum absolute atomic E-state index is 12.7. The van der Waals surface area contributed by atoms with Gasteiger partial charge in [0.25, 0.3) is 0 Å². The van der Waals surface area contributed by atoms with Gasteiger partial charge in [-0.1, -0.05) is 48.5 Å². The number of hydrogen-bond donors (Lipinski definition) is 2. The fourth-order valence-electron chi connectivity index (χ4n) is 4.17. The number of benzene rings is 2. The first-order valence-electron chi connectivity index (χ1n) is 10.4. The average molecular weight is 440 g/mol. The smallest absolute Gasteiger partial charge is 0.412 e. The molecule has 2 heterocycles. The third-order valence-electron chi connectivity index (χ3n) is 5.68. The van der Waals surface area contributed by atoms with Gasteiger partial charge in [-0.15, -0.1) is 0 Å². The molecule has 0 saturated carbocycles. The topological polar surface area (TPSA) is 106 Å². The minimum absolute atomic E-state index is 0.0159. The zero-order chi connectivity index (χ0) is 22.9.